The van der Waals surface area contributed by atoms with E-state index in [9.17, 15) is 9.59 Å². The van der Waals surface area contributed by atoms with E-state index in [1.165, 1.54) is 28.2 Å². The van der Waals surface area contributed by atoms with Crippen molar-refractivity contribution >= 4 is 55.5 Å². The number of nitrogens with two attached hydrogens (primary N) is 1. The van der Waals surface area contributed by atoms with Crippen molar-refractivity contribution in [3.8, 4) is 11.1 Å². The number of aromatic nitrogens is 1. The second kappa shape index (κ2) is 8.61. The summed E-state index contributed by atoms with van der Waals surface area (Å²) in [7, 11) is 0. The summed E-state index contributed by atoms with van der Waals surface area (Å²) in [6.07, 6.45) is 3.06. The van der Waals surface area contributed by atoms with Gasteiger partial charge in [-0.25, -0.2) is 9.78 Å². The number of amides is 1. The van der Waals surface area contributed by atoms with E-state index in [-0.39, 0.29) is 12.5 Å². The normalized spacial score (nSPS) is 12.7. The van der Waals surface area contributed by atoms with Gasteiger partial charge < -0.3 is 15.8 Å². The maximum Gasteiger partial charge on any atom is 0.341 e. The van der Waals surface area contributed by atoms with Crippen molar-refractivity contribution in [2.75, 3.05) is 17.7 Å². The predicted molar refractivity (Wildman–Crippen MR) is 134 cm³/mol. The number of nitrogens with zero attached hydrogens (tertiary/aromatic N) is 1. The van der Waals surface area contributed by atoms with Crippen LogP contribution in [0.25, 0.3) is 21.3 Å². The molecule has 6 nitrogen and oxygen atoms in total. The maximum atomic E-state index is 13.2. The van der Waals surface area contributed by atoms with E-state index < -0.39 is 5.97 Å². The number of aryl methyl sites for hydroxylation is 3. The molecule has 5 rings (SSSR count). The molecular formula is C25H23N3O3S2. The molecule has 1 aliphatic carbocycles. The molecule has 1 aromatic carbocycles. The molecule has 0 aliphatic heterocycles. The Kier molecular flexibility index (Phi) is 5.64. The summed E-state index contributed by atoms with van der Waals surface area (Å²) in [5.41, 5.74) is 12.2. The molecule has 4 aromatic rings. The molecule has 168 valence electrons. The third-order valence-electron chi connectivity index (χ3n) is 5.82. The van der Waals surface area contributed by atoms with Crippen LogP contribution >= 0.6 is 22.7 Å². The third kappa shape index (κ3) is 3.89. The molecular weight excluding hydrogens is 454 g/mol. The van der Waals surface area contributed by atoms with Crippen molar-refractivity contribution in [1.82, 2.24) is 4.98 Å². The summed E-state index contributed by atoms with van der Waals surface area (Å²) < 4.78 is 5.30. The van der Waals surface area contributed by atoms with E-state index in [1.54, 1.807) is 6.92 Å². The van der Waals surface area contributed by atoms with Crippen LogP contribution in [0.5, 0.6) is 0 Å². The van der Waals surface area contributed by atoms with Crippen LogP contribution in [0.4, 0.5) is 10.7 Å². The number of hydrogen-bond acceptors (Lipinski definition) is 7. The monoisotopic (exact) mass is 477 g/mol. The average molecular weight is 478 g/mol. The number of fused-ring (bicyclic) bond motifs is 2. The second-order valence-electron chi connectivity index (χ2n) is 8.04. The van der Waals surface area contributed by atoms with Crippen LogP contribution in [0, 0.1) is 6.92 Å². The highest BCUT2D eigenvalue weighted by molar-refractivity contribution is 7.21. The highest BCUT2D eigenvalue weighted by Gasteiger charge is 2.26. The molecule has 33 heavy (non-hydrogen) atoms. The number of benzene rings is 1. The minimum Gasteiger partial charge on any atom is -0.462 e. The third-order valence-corrected chi connectivity index (χ3v) is 7.83. The van der Waals surface area contributed by atoms with Gasteiger partial charge in [-0.1, -0.05) is 29.8 Å². The summed E-state index contributed by atoms with van der Waals surface area (Å²) in [6.45, 7) is 4.01. The lowest BCUT2D eigenvalue weighted by atomic mass is 10.0. The molecule has 3 aromatic heterocycles. The molecule has 0 saturated carbocycles. The number of esters is 1. The van der Waals surface area contributed by atoms with Crippen molar-refractivity contribution in [2.24, 2.45) is 0 Å². The Morgan fingerprint density at radius 2 is 2.00 bits per heavy atom. The van der Waals surface area contributed by atoms with E-state index in [0.29, 0.717) is 21.1 Å². The molecule has 0 saturated heterocycles. The molecule has 1 amide bonds. The van der Waals surface area contributed by atoms with Crippen molar-refractivity contribution in [3.05, 3.63) is 63.0 Å². The molecule has 1 aliphatic rings. The Morgan fingerprint density at radius 3 is 2.76 bits per heavy atom. The van der Waals surface area contributed by atoms with Crippen LogP contribution in [0.1, 0.15) is 50.2 Å². The molecule has 3 heterocycles. The highest BCUT2D eigenvalue weighted by Crippen LogP contribution is 2.39. The van der Waals surface area contributed by atoms with Gasteiger partial charge in [-0.05, 0) is 50.3 Å². The zero-order valence-electron chi connectivity index (χ0n) is 18.4. The standard InChI is InChI=1S/C25H23N3O3S2/c1-3-31-25(30)19-17(14-9-7-13(2)8-10-14)12-32-24(19)28-22(29)21-20(26)16-11-15-5-4-6-18(15)27-23(16)33-21/h7-12H,3-6,26H2,1-2H3,(H,28,29). The zero-order valence-corrected chi connectivity index (χ0v) is 20.0. The summed E-state index contributed by atoms with van der Waals surface area (Å²) >= 11 is 2.59. The van der Waals surface area contributed by atoms with E-state index in [4.69, 9.17) is 15.5 Å². The van der Waals surface area contributed by atoms with E-state index in [0.717, 1.165) is 51.9 Å². The van der Waals surface area contributed by atoms with Gasteiger partial charge in [-0.15, -0.1) is 22.7 Å². The van der Waals surface area contributed by atoms with Crippen molar-refractivity contribution in [3.63, 3.8) is 0 Å². The van der Waals surface area contributed by atoms with Crippen LogP contribution < -0.4 is 11.1 Å². The molecule has 0 fully saturated rings. The first-order valence-corrected chi connectivity index (χ1v) is 12.5. The minimum atomic E-state index is -0.466. The van der Waals surface area contributed by atoms with E-state index in [1.807, 2.05) is 36.6 Å². The maximum absolute atomic E-state index is 13.2. The quantitative estimate of drug-likeness (QED) is 0.353. The molecule has 0 bridgehead atoms. The van der Waals surface area contributed by atoms with Gasteiger partial charge in [0.1, 0.15) is 20.3 Å². The van der Waals surface area contributed by atoms with Gasteiger partial charge >= 0.3 is 5.97 Å². The van der Waals surface area contributed by atoms with Crippen LogP contribution in [-0.4, -0.2) is 23.5 Å². The fourth-order valence-electron chi connectivity index (χ4n) is 4.13. The Balaban J connectivity index is 1.51. The Labute approximate surface area is 199 Å². The summed E-state index contributed by atoms with van der Waals surface area (Å²) in [6, 6.07) is 9.96. The lowest BCUT2D eigenvalue weighted by Crippen LogP contribution is -2.14. The Hall–Kier alpha value is -3.23. The highest BCUT2D eigenvalue weighted by atomic mass is 32.1. The zero-order chi connectivity index (χ0) is 23.1. The fraction of sp³-hybridized carbons (Fsp3) is 0.240. The number of nitrogens with one attached hydrogen (secondary N) is 1. The topological polar surface area (TPSA) is 94.3 Å². The number of anilines is 2. The summed E-state index contributed by atoms with van der Waals surface area (Å²) in [4.78, 5) is 32.0. The molecule has 0 unspecified atom stereocenters. The van der Waals surface area contributed by atoms with Crippen LogP contribution in [0.2, 0.25) is 0 Å². The number of hydrogen-bond donors (Lipinski definition) is 2. The first-order chi connectivity index (χ1) is 16.0. The summed E-state index contributed by atoms with van der Waals surface area (Å²) in [5.74, 6) is -0.814. The van der Waals surface area contributed by atoms with E-state index in [2.05, 4.69) is 11.4 Å². The number of carbonyl (C=O) groups is 2. The number of pyridine rings is 1. The molecule has 3 N–H and O–H groups in total. The first kappa shape index (κ1) is 21.6. The van der Waals surface area contributed by atoms with Crippen LogP contribution in [0.15, 0.2) is 35.7 Å². The first-order valence-electron chi connectivity index (χ1n) is 10.8. The Morgan fingerprint density at radius 1 is 1.21 bits per heavy atom. The SMILES string of the molecule is CCOC(=O)c1c(-c2ccc(C)cc2)csc1NC(=O)c1sc2nc3c(cc2c1N)CCC3. The number of ether oxygens (including phenoxy) is 1. The van der Waals surface area contributed by atoms with Crippen molar-refractivity contribution < 1.29 is 14.3 Å². The lowest BCUT2D eigenvalue weighted by Gasteiger charge is -2.09. The number of carbonyl (C=O) groups excluding carboxylic acids is 2. The number of rotatable bonds is 5. The molecule has 0 spiro atoms. The van der Waals surface area contributed by atoms with Crippen molar-refractivity contribution in [2.45, 2.75) is 33.1 Å². The largest absolute Gasteiger partial charge is 0.462 e. The van der Waals surface area contributed by atoms with Crippen LogP contribution in [0.3, 0.4) is 0 Å². The van der Waals surface area contributed by atoms with Crippen molar-refractivity contribution in [1.29, 1.82) is 0 Å². The van der Waals surface area contributed by atoms with Gasteiger partial charge in [-0.3, -0.25) is 4.79 Å². The smallest absolute Gasteiger partial charge is 0.341 e. The minimum absolute atomic E-state index is 0.245. The molecule has 0 radical (unpaired) electrons. The lowest BCUT2D eigenvalue weighted by molar-refractivity contribution is 0.0529. The van der Waals surface area contributed by atoms with Gasteiger partial charge in [0, 0.05) is 22.0 Å². The fourth-order valence-corrected chi connectivity index (χ4v) is 6.07. The summed E-state index contributed by atoms with van der Waals surface area (Å²) in [5, 5.41) is 6.04. The van der Waals surface area contributed by atoms with Gasteiger partial charge in [0.2, 0.25) is 0 Å². The van der Waals surface area contributed by atoms with Crippen LogP contribution in [-0.2, 0) is 17.6 Å². The van der Waals surface area contributed by atoms with Gasteiger partial charge in [-0.2, -0.15) is 0 Å². The average Bonchev–Trinajstić information content (AvgIpc) is 3.50. The number of thiophene rings is 2. The van der Waals surface area contributed by atoms with Gasteiger partial charge in [0.25, 0.3) is 5.91 Å². The van der Waals surface area contributed by atoms with E-state index >= 15 is 0 Å². The number of nitrogen functional groups attached to an aromatic ring is 1. The van der Waals surface area contributed by atoms with Gasteiger partial charge in [0.05, 0.1) is 12.3 Å². The molecule has 0 atom stereocenters. The molecule has 8 heteroatoms. The second-order valence-corrected chi connectivity index (χ2v) is 9.92. The van der Waals surface area contributed by atoms with Gasteiger partial charge in [0.15, 0.2) is 0 Å². The predicted octanol–water partition coefficient (Wildman–Crippen LogP) is 5.83. The Bertz CT molecular complexity index is 1390.